The minimum atomic E-state index is -0.1000. The van der Waals surface area contributed by atoms with Gasteiger partial charge in [-0.05, 0) is 42.1 Å². The van der Waals surface area contributed by atoms with Crippen LogP contribution in [-0.2, 0) is 9.53 Å². The Balaban J connectivity index is 1.53. The van der Waals surface area contributed by atoms with Crippen molar-refractivity contribution in [3.05, 3.63) is 52.1 Å². The van der Waals surface area contributed by atoms with Crippen LogP contribution in [-0.4, -0.2) is 49.3 Å². The molecule has 0 bridgehead atoms. The molecular formula is C19H18ClN3O3S. The molecule has 2 fully saturated rings. The van der Waals surface area contributed by atoms with E-state index in [1.807, 2.05) is 24.3 Å². The Morgan fingerprint density at radius 2 is 1.89 bits per heavy atom. The number of morpholine rings is 1. The third-order valence-electron chi connectivity index (χ3n) is 4.26. The summed E-state index contributed by atoms with van der Waals surface area (Å²) in [5.74, 6) is 1.34. The van der Waals surface area contributed by atoms with Gasteiger partial charge in [0, 0.05) is 37.3 Å². The predicted molar refractivity (Wildman–Crippen MR) is 109 cm³/mol. The minimum Gasteiger partial charge on any atom is -0.441 e. The number of benzene rings is 1. The fourth-order valence-corrected chi connectivity index (χ4v) is 3.87. The molecule has 1 amide bonds. The number of likely N-dealkylation sites (N-methyl/N-ethyl adjacent to an activating group) is 1. The number of halogens is 1. The molecule has 0 atom stereocenters. The molecule has 0 unspecified atom stereocenters. The number of hydrogen-bond acceptors (Lipinski definition) is 6. The number of amidine groups is 1. The standard InChI is InChI=1S/C19H18ClN3O3S/c1-22-18(24)16(27-19(22)21-14-4-2-13(20)3-5-14)12-15-6-7-17(26-15)23-8-10-25-11-9-23/h2-7,12H,8-11H2,1H3/b16-12-,21-19?. The average Bonchev–Trinajstić information content (AvgIpc) is 3.26. The second-order valence-corrected chi connectivity index (χ2v) is 7.57. The molecule has 1 aromatic heterocycles. The lowest BCUT2D eigenvalue weighted by Gasteiger charge is -2.26. The monoisotopic (exact) mass is 403 g/mol. The normalized spacial score (nSPS) is 20.9. The molecule has 0 N–H and O–H groups in total. The first-order valence-electron chi connectivity index (χ1n) is 8.54. The Morgan fingerprint density at radius 1 is 1.15 bits per heavy atom. The zero-order chi connectivity index (χ0) is 18.8. The summed E-state index contributed by atoms with van der Waals surface area (Å²) in [4.78, 5) is 21.3. The van der Waals surface area contributed by atoms with E-state index in [-0.39, 0.29) is 5.91 Å². The molecule has 0 saturated carbocycles. The van der Waals surface area contributed by atoms with Gasteiger partial charge in [0.15, 0.2) is 11.1 Å². The second-order valence-electron chi connectivity index (χ2n) is 6.12. The molecule has 3 heterocycles. The fourth-order valence-electron chi connectivity index (χ4n) is 2.78. The lowest BCUT2D eigenvalue weighted by atomic mass is 10.3. The van der Waals surface area contributed by atoms with Gasteiger partial charge in [0.2, 0.25) is 0 Å². The van der Waals surface area contributed by atoms with Crippen molar-refractivity contribution in [1.82, 2.24) is 4.90 Å². The van der Waals surface area contributed by atoms with Gasteiger partial charge in [-0.1, -0.05) is 11.6 Å². The molecule has 0 aliphatic carbocycles. The highest BCUT2D eigenvalue weighted by atomic mass is 35.5. The Kier molecular flexibility index (Phi) is 5.24. The van der Waals surface area contributed by atoms with Crippen LogP contribution in [0.25, 0.3) is 6.08 Å². The molecule has 2 aliphatic rings. The van der Waals surface area contributed by atoms with E-state index >= 15 is 0 Å². The largest absolute Gasteiger partial charge is 0.441 e. The molecule has 2 aliphatic heterocycles. The predicted octanol–water partition coefficient (Wildman–Crippen LogP) is 4.00. The number of anilines is 1. The number of hydrogen-bond donors (Lipinski definition) is 0. The van der Waals surface area contributed by atoms with Crippen molar-refractivity contribution in [1.29, 1.82) is 0 Å². The van der Waals surface area contributed by atoms with Crippen molar-refractivity contribution >= 4 is 52.1 Å². The van der Waals surface area contributed by atoms with Crippen molar-refractivity contribution in [3.8, 4) is 0 Å². The summed E-state index contributed by atoms with van der Waals surface area (Å²) in [6.07, 6.45) is 1.76. The number of carbonyl (C=O) groups excluding carboxylic acids is 1. The van der Waals surface area contributed by atoms with Crippen molar-refractivity contribution in [3.63, 3.8) is 0 Å². The van der Waals surface area contributed by atoms with Gasteiger partial charge in [0.05, 0.1) is 23.8 Å². The molecular weight excluding hydrogens is 386 g/mol. The minimum absolute atomic E-state index is 0.1000. The summed E-state index contributed by atoms with van der Waals surface area (Å²) in [5, 5.41) is 1.27. The summed E-state index contributed by atoms with van der Waals surface area (Å²) in [7, 11) is 1.71. The third kappa shape index (κ3) is 4.05. The summed E-state index contributed by atoms with van der Waals surface area (Å²) < 4.78 is 11.3. The fraction of sp³-hybridized carbons (Fsp3) is 0.263. The third-order valence-corrected chi connectivity index (χ3v) is 5.58. The van der Waals surface area contributed by atoms with Crippen LogP contribution in [0.15, 0.2) is 50.7 Å². The molecule has 2 saturated heterocycles. The zero-order valence-corrected chi connectivity index (χ0v) is 16.3. The first-order valence-corrected chi connectivity index (χ1v) is 9.74. The van der Waals surface area contributed by atoms with E-state index in [1.54, 1.807) is 25.3 Å². The molecule has 4 rings (SSSR count). The van der Waals surface area contributed by atoms with Crippen molar-refractivity contribution in [2.45, 2.75) is 0 Å². The van der Waals surface area contributed by atoms with E-state index < -0.39 is 0 Å². The van der Waals surface area contributed by atoms with Gasteiger partial charge in [-0.15, -0.1) is 0 Å². The Morgan fingerprint density at radius 3 is 2.63 bits per heavy atom. The number of furan rings is 1. The first-order chi connectivity index (χ1) is 13.1. The van der Waals surface area contributed by atoms with E-state index in [2.05, 4.69) is 9.89 Å². The van der Waals surface area contributed by atoms with Gasteiger partial charge in [-0.25, -0.2) is 4.99 Å². The molecule has 6 nitrogen and oxygen atoms in total. The van der Waals surface area contributed by atoms with Crippen molar-refractivity contribution in [2.75, 3.05) is 38.3 Å². The van der Waals surface area contributed by atoms with Gasteiger partial charge in [-0.3, -0.25) is 9.69 Å². The number of rotatable bonds is 3. The molecule has 27 heavy (non-hydrogen) atoms. The second kappa shape index (κ2) is 7.80. The number of carbonyl (C=O) groups is 1. The van der Waals surface area contributed by atoms with E-state index in [1.165, 1.54) is 16.7 Å². The van der Waals surface area contributed by atoms with Crippen LogP contribution < -0.4 is 4.90 Å². The van der Waals surface area contributed by atoms with E-state index in [0.29, 0.717) is 34.1 Å². The number of ether oxygens (including phenoxy) is 1. The van der Waals surface area contributed by atoms with E-state index in [4.69, 9.17) is 20.8 Å². The summed E-state index contributed by atoms with van der Waals surface area (Å²) in [6, 6.07) is 11.0. The SMILES string of the molecule is CN1C(=O)/C(=C/c2ccc(N3CCOCC3)o2)SC1=Nc1ccc(Cl)cc1. The van der Waals surface area contributed by atoms with Gasteiger partial charge in [0.25, 0.3) is 5.91 Å². The molecule has 2 aromatic rings. The molecule has 8 heteroatoms. The van der Waals surface area contributed by atoms with Crippen molar-refractivity contribution in [2.24, 2.45) is 4.99 Å². The molecule has 0 spiro atoms. The van der Waals surface area contributed by atoms with E-state index in [0.717, 1.165) is 24.7 Å². The molecule has 140 valence electrons. The van der Waals surface area contributed by atoms with Gasteiger partial charge < -0.3 is 14.1 Å². The summed E-state index contributed by atoms with van der Waals surface area (Å²) in [5.41, 5.74) is 0.746. The van der Waals surface area contributed by atoms with Crippen LogP contribution in [0, 0.1) is 0 Å². The van der Waals surface area contributed by atoms with Gasteiger partial charge >= 0.3 is 0 Å². The summed E-state index contributed by atoms with van der Waals surface area (Å²) >= 11 is 7.23. The van der Waals surface area contributed by atoms with Gasteiger partial charge in [-0.2, -0.15) is 0 Å². The van der Waals surface area contributed by atoms with Crippen LogP contribution in [0.3, 0.4) is 0 Å². The lowest BCUT2D eigenvalue weighted by Crippen LogP contribution is -2.35. The highest BCUT2D eigenvalue weighted by Gasteiger charge is 2.30. The quantitative estimate of drug-likeness (QED) is 0.725. The number of amides is 1. The van der Waals surface area contributed by atoms with Crippen LogP contribution in [0.2, 0.25) is 5.02 Å². The van der Waals surface area contributed by atoms with Crippen LogP contribution in [0.5, 0.6) is 0 Å². The Hall–Kier alpha value is -2.22. The Bertz CT molecular complexity index is 901. The lowest BCUT2D eigenvalue weighted by molar-refractivity contribution is -0.121. The van der Waals surface area contributed by atoms with E-state index in [9.17, 15) is 4.79 Å². The van der Waals surface area contributed by atoms with Crippen LogP contribution >= 0.6 is 23.4 Å². The number of thioether (sulfide) groups is 1. The number of aliphatic imine (C=N–C) groups is 1. The van der Waals surface area contributed by atoms with Crippen molar-refractivity contribution < 1.29 is 13.9 Å². The van der Waals surface area contributed by atoms with Gasteiger partial charge in [0.1, 0.15) is 5.76 Å². The zero-order valence-electron chi connectivity index (χ0n) is 14.7. The smallest absolute Gasteiger partial charge is 0.266 e. The highest BCUT2D eigenvalue weighted by Crippen LogP contribution is 2.34. The van der Waals surface area contributed by atoms with Crippen LogP contribution in [0.1, 0.15) is 5.76 Å². The molecule has 1 aromatic carbocycles. The Labute approximate surface area is 166 Å². The topological polar surface area (TPSA) is 58.3 Å². The first kappa shape index (κ1) is 18.2. The maximum Gasteiger partial charge on any atom is 0.266 e. The average molecular weight is 404 g/mol. The maximum atomic E-state index is 12.5. The highest BCUT2D eigenvalue weighted by molar-refractivity contribution is 8.18. The summed E-state index contributed by atoms with van der Waals surface area (Å²) in [6.45, 7) is 3.00. The van der Waals surface area contributed by atoms with Crippen LogP contribution in [0.4, 0.5) is 11.6 Å². The number of nitrogens with zero attached hydrogens (tertiary/aromatic N) is 3. The maximum absolute atomic E-state index is 12.5. The molecule has 0 radical (unpaired) electrons.